The molecule has 1 aromatic carbocycles. The number of allylic oxidation sites excluding steroid dienone is 3. The summed E-state index contributed by atoms with van der Waals surface area (Å²) in [6.45, 7) is 16.8. The first-order valence-electron chi connectivity index (χ1n) is 16.1. The number of aryl methyl sites for hydroxylation is 2. The zero-order chi connectivity index (χ0) is 32.2. The number of nitrogens with one attached hydrogen (secondary N) is 2. The summed E-state index contributed by atoms with van der Waals surface area (Å²) in [4.78, 5) is 17.7. The van der Waals surface area contributed by atoms with E-state index in [4.69, 9.17) is 10.7 Å². The highest BCUT2D eigenvalue weighted by Crippen LogP contribution is 2.34. The van der Waals surface area contributed by atoms with Gasteiger partial charge in [-0.1, -0.05) is 37.5 Å². The standard InChI is InChI=1S/C37H43FN8/c1-5-11-29(26-16-25(17-27(38)18-26)12-10-15-45-13-8-9-14-45)30-19-34(41-24(30)4)37-31-20-33(40-21-35(31)43-44-37)32(6-2)42-36(7-3)46-22-28(39)23-46/h5-7,11,16-21,28,41H,1,3,8-10,12-15,22-23,39H2,2,4H3,(H,43,44)/b29-11-,32-6-,42-36?. The maximum atomic E-state index is 15.0. The van der Waals surface area contributed by atoms with E-state index in [1.807, 2.05) is 32.1 Å². The molecule has 0 bridgehead atoms. The molecule has 6 rings (SSSR count). The number of aromatic amines is 2. The van der Waals surface area contributed by atoms with Crippen molar-refractivity contribution in [3.63, 3.8) is 0 Å². The van der Waals surface area contributed by atoms with Gasteiger partial charge in [0.15, 0.2) is 0 Å². The van der Waals surface area contributed by atoms with Crippen LogP contribution in [0, 0.1) is 12.7 Å². The molecular weight excluding hydrogens is 575 g/mol. The van der Waals surface area contributed by atoms with Crippen molar-refractivity contribution in [2.45, 2.75) is 45.6 Å². The van der Waals surface area contributed by atoms with Crippen molar-refractivity contribution in [2.75, 3.05) is 32.7 Å². The molecule has 2 aliphatic rings. The van der Waals surface area contributed by atoms with Crippen LogP contribution in [0.1, 0.15) is 54.3 Å². The van der Waals surface area contributed by atoms with Crippen molar-refractivity contribution in [3.05, 3.63) is 108 Å². The van der Waals surface area contributed by atoms with E-state index in [-0.39, 0.29) is 11.9 Å². The van der Waals surface area contributed by atoms with Crippen LogP contribution in [-0.4, -0.2) is 74.6 Å². The Morgan fingerprint density at radius 1 is 1.15 bits per heavy atom. The van der Waals surface area contributed by atoms with E-state index in [1.165, 1.54) is 25.9 Å². The monoisotopic (exact) mass is 618 g/mol. The van der Waals surface area contributed by atoms with E-state index in [9.17, 15) is 4.39 Å². The lowest BCUT2D eigenvalue weighted by Crippen LogP contribution is -2.57. The number of nitrogens with two attached hydrogens (primary N) is 1. The van der Waals surface area contributed by atoms with E-state index in [2.05, 4.69) is 55.3 Å². The quantitative estimate of drug-likeness (QED) is 0.0995. The summed E-state index contributed by atoms with van der Waals surface area (Å²) in [5, 5.41) is 8.70. The fourth-order valence-electron chi connectivity index (χ4n) is 6.49. The molecule has 5 heterocycles. The van der Waals surface area contributed by atoms with Crippen LogP contribution in [-0.2, 0) is 6.42 Å². The van der Waals surface area contributed by atoms with Gasteiger partial charge in [0.2, 0.25) is 0 Å². The highest BCUT2D eigenvalue weighted by Gasteiger charge is 2.25. The normalized spacial score (nSPS) is 16.8. The van der Waals surface area contributed by atoms with Crippen LogP contribution in [0.2, 0.25) is 0 Å². The predicted molar refractivity (Wildman–Crippen MR) is 187 cm³/mol. The number of pyridine rings is 1. The lowest BCUT2D eigenvalue weighted by molar-refractivity contribution is 0.256. The van der Waals surface area contributed by atoms with Gasteiger partial charge in [-0.25, -0.2) is 9.38 Å². The molecule has 0 radical (unpaired) electrons. The van der Waals surface area contributed by atoms with Gasteiger partial charge < -0.3 is 20.5 Å². The van der Waals surface area contributed by atoms with Crippen LogP contribution in [0.15, 0.2) is 79.0 Å². The van der Waals surface area contributed by atoms with E-state index >= 15 is 0 Å². The molecule has 0 spiro atoms. The zero-order valence-electron chi connectivity index (χ0n) is 26.8. The number of aliphatic imine (C=N–C) groups is 1. The second-order valence-electron chi connectivity index (χ2n) is 12.2. The van der Waals surface area contributed by atoms with Gasteiger partial charge in [0.1, 0.15) is 17.3 Å². The summed E-state index contributed by atoms with van der Waals surface area (Å²) < 4.78 is 15.0. The Bertz CT molecular complexity index is 1830. The average Bonchev–Trinajstić information content (AvgIpc) is 3.79. The van der Waals surface area contributed by atoms with Crippen LogP contribution >= 0.6 is 0 Å². The number of rotatable bonds is 11. The van der Waals surface area contributed by atoms with Gasteiger partial charge in [0.05, 0.1) is 28.8 Å². The van der Waals surface area contributed by atoms with E-state index in [0.717, 1.165) is 100.0 Å². The first-order chi connectivity index (χ1) is 22.4. The topological polar surface area (TPSA) is 102 Å². The Kier molecular flexibility index (Phi) is 9.42. The third-order valence-corrected chi connectivity index (χ3v) is 8.89. The minimum absolute atomic E-state index is 0.158. The first kappa shape index (κ1) is 31.4. The van der Waals surface area contributed by atoms with Crippen LogP contribution in [0.4, 0.5) is 4.39 Å². The molecule has 9 heteroatoms. The smallest absolute Gasteiger partial charge is 0.128 e. The molecule has 2 saturated heterocycles. The molecule has 2 fully saturated rings. The average molecular weight is 619 g/mol. The maximum Gasteiger partial charge on any atom is 0.128 e. The molecule has 0 saturated carbocycles. The largest absolute Gasteiger partial charge is 0.357 e. The number of fused-ring (bicyclic) bond motifs is 1. The molecule has 0 aliphatic carbocycles. The molecule has 0 amide bonds. The molecule has 46 heavy (non-hydrogen) atoms. The summed E-state index contributed by atoms with van der Waals surface area (Å²) >= 11 is 0. The lowest BCUT2D eigenvalue weighted by atomic mass is 9.94. The number of likely N-dealkylation sites (tertiary alicyclic amines) is 2. The van der Waals surface area contributed by atoms with Crippen molar-refractivity contribution >= 4 is 28.0 Å². The van der Waals surface area contributed by atoms with Gasteiger partial charge >= 0.3 is 0 Å². The Hall–Kier alpha value is -4.60. The Morgan fingerprint density at radius 3 is 2.67 bits per heavy atom. The van der Waals surface area contributed by atoms with Crippen molar-refractivity contribution in [2.24, 2.45) is 10.7 Å². The van der Waals surface area contributed by atoms with Crippen LogP contribution in [0.25, 0.3) is 33.6 Å². The minimum Gasteiger partial charge on any atom is -0.357 e. The molecule has 2 aliphatic heterocycles. The summed E-state index contributed by atoms with van der Waals surface area (Å²) in [5.41, 5.74) is 14.6. The molecule has 8 nitrogen and oxygen atoms in total. The van der Waals surface area contributed by atoms with Crippen molar-refractivity contribution < 1.29 is 4.39 Å². The molecule has 4 aromatic rings. The Balaban J connectivity index is 1.29. The highest BCUT2D eigenvalue weighted by molar-refractivity contribution is 5.98. The first-order valence-corrected chi connectivity index (χ1v) is 16.1. The van der Waals surface area contributed by atoms with Crippen LogP contribution in [0.5, 0.6) is 0 Å². The summed E-state index contributed by atoms with van der Waals surface area (Å²) in [5.74, 6) is 0.553. The molecule has 0 atom stereocenters. The predicted octanol–water partition coefficient (Wildman–Crippen LogP) is 6.63. The van der Waals surface area contributed by atoms with Gasteiger partial charge in [-0.15, -0.1) is 0 Å². The van der Waals surface area contributed by atoms with E-state index < -0.39 is 0 Å². The van der Waals surface area contributed by atoms with Crippen molar-refractivity contribution in [3.8, 4) is 11.4 Å². The lowest BCUT2D eigenvalue weighted by Gasteiger charge is -2.38. The number of H-pyrrole nitrogens is 2. The number of halogens is 1. The van der Waals surface area contributed by atoms with Gasteiger partial charge in [-0.2, -0.15) is 5.10 Å². The van der Waals surface area contributed by atoms with Gasteiger partial charge in [-0.3, -0.25) is 10.1 Å². The number of nitrogens with zero attached hydrogens (tertiary/aromatic N) is 5. The van der Waals surface area contributed by atoms with E-state index in [0.29, 0.717) is 0 Å². The Labute approximate surface area is 270 Å². The summed E-state index contributed by atoms with van der Waals surface area (Å²) in [6.07, 6.45) is 13.6. The van der Waals surface area contributed by atoms with Crippen LogP contribution < -0.4 is 5.73 Å². The van der Waals surface area contributed by atoms with Gasteiger partial charge in [0.25, 0.3) is 0 Å². The number of amidine groups is 1. The zero-order valence-corrected chi connectivity index (χ0v) is 26.8. The SMILES string of the molecule is C=C/C=C(/c1cc(F)cc(CCCN2CCCC2)c1)c1cc(-c2n[nH]c3cnc(/C(=C/C)N=C(C=C)N4CC(N)C4)cc23)[nH]c1C. The number of benzene rings is 1. The molecule has 4 N–H and O–H groups in total. The maximum absolute atomic E-state index is 15.0. The number of hydrogen-bond acceptors (Lipinski definition) is 5. The molecule has 3 aromatic heterocycles. The summed E-state index contributed by atoms with van der Waals surface area (Å²) in [7, 11) is 0. The van der Waals surface area contributed by atoms with Crippen molar-refractivity contribution in [1.82, 2.24) is 30.0 Å². The minimum atomic E-state index is -0.227. The van der Waals surface area contributed by atoms with Gasteiger partial charge in [0, 0.05) is 35.8 Å². The van der Waals surface area contributed by atoms with Gasteiger partial charge in [-0.05, 0) is 106 Å². The third kappa shape index (κ3) is 6.66. The molecule has 0 unspecified atom stereocenters. The van der Waals surface area contributed by atoms with Crippen molar-refractivity contribution in [1.29, 1.82) is 0 Å². The molecular formula is C37H43FN8. The highest BCUT2D eigenvalue weighted by atomic mass is 19.1. The number of aromatic nitrogens is 4. The summed E-state index contributed by atoms with van der Waals surface area (Å²) in [6, 6.07) is 9.63. The third-order valence-electron chi connectivity index (χ3n) is 8.89. The van der Waals surface area contributed by atoms with Crippen LogP contribution in [0.3, 0.4) is 0 Å². The fraction of sp³-hybridized carbons (Fsp3) is 0.324. The fourth-order valence-corrected chi connectivity index (χ4v) is 6.49. The Morgan fingerprint density at radius 2 is 1.96 bits per heavy atom. The van der Waals surface area contributed by atoms with E-state index in [1.54, 1.807) is 30.5 Å². The molecule has 238 valence electrons. The second kappa shape index (κ2) is 13.8. The second-order valence-corrected chi connectivity index (χ2v) is 12.2. The number of hydrogen-bond donors (Lipinski definition) is 3.